The summed E-state index contributed by atoms with van der Waals surface area (Å²) in [5.41, 5.74) is 3.43. The van der Waals surface area contributed by atoms with Gasteiger partial charge >= 0.3 is 0 Å². The third-order valence-corrected chi connectivity index (χ3v) is 5.08. The Labute approximate surface area is 162 Å². The monoisotopic (exact) mass is 370 g/mol. The van der Waals surface area contributed by atoms with Crippen molar-refractivity contribution in [1.29, 1.82) is 0 Å². The van der Waals surface area contributed by atoms with E-state index < -0.39 is 0 Å². The lowest BCUT2D eigenvalue weighted by molar-refractivity contribution is 0.415. The summed E-state index contributed by atoms with van der Waals surface area (Å²) in [6, 6.07) is 24.8. The van der Waals surface area contributed by atoms with E-state index in [2.05, 4.69) is 70.0 Å². The van der Waals surface area contributed by atoms with Crippen molar-refractivity contribution in [2.75, 3.05) is 7.11 Å². The zero-order chi connectivity index (χ0) is 18.5. The molecule has 132 valence electrons. The number of aromatic nitrogens is 2. The molecule has 0 spiro atoms. The van der Waals surface area contributed by atoms with Crippen LogP contribution in [0.2, 0.25) is 0 Å². The summed E-state index contributed by atoms with van der Waals surface area (Å²) in [5, 5.41) is 5.29. The molecule has 27 heavy (non-hydrogen) atoms. The lowest BCUT2D eigenvalue weighted by Crippen LogP contribution is -1.91. The van der Waals surface area contributed by atoms with Crippen LogP contribution in [-0.4, -0.2) is 17.1 Å². The van der Waals surface area contributed by atoms with Gasteiger partial charge in [0.25, 0.3) is 0 Å². The van der Waals surface area contributed by atoms with Crippen molar-refractivity contribution in [3.8, 4) is 5.75 Å². The van der Waals surface area contributed by atoms with Gasteiger partial charge in [-0.3, -0.25) is 0 Å². The average Bonchev–Trinajstić information content (AvgIpc) is 2.75. The van der Waals surface area contributed by atoms with E-state index in [0.29, 0.717) is 0 Å². The van der Waals surface area contributed by atoms with Crippen LogP contribution in [0, 0.1) is 0 Å². The zero-order valence-corrected chi connectivity index (χ0v) is 15.7. The molecule has 3 nitrogen and oxygen atoms in total. The SMILES string of the molecule is COc1ccc(/C(=C/Sc2ncccn2)c2cccc3ccccc23)cc1. The van der Waals surface area contributed by atoms with Gasteiger partial charge in [0.15, 0.2) is 5.16 Å². The lowest BCUT2D eigenvalue weighted by atomic mass is 9.94. The number of nitrogens with zero attached hydrogens (tertiary/aromatic N) is 2. The maximum Gasteiger partial charge on any atom is 0.191 e. The van der Waals surface area contributed by atoms with E-state index in [1.165, 1.54) is 28.1 Å². The van der Waals surface area contributed by atoms with Gasteiger partial charge in [-0.25, -0.2) is 9.97 Å². The summed E-state index contributed by atoms with van der Waals surface area (Å²) in [6.07, 6.45) is 3.52. The fourth-order valence-electron chi connectivity index (χ4n) is 2.98. The van der Waals surface area contributed by atoms with Crippen molar-refractivity contribution < 1.29 is 4.74 Å². The Balaban J connectivity index is 1.84. The number of benzene rings is 3. The molecule has 0 amide bonds. The van der Waals surface area contributed by atoms with Crippen LogP contribution in [-0.2, 0) is 0 Å². The van der Waals surface area contributed by atoms with Crippen molar-refractivity contribution in [2.24, 2.45) is 0 Å². The normalized spacial score (nSPS) is 11.5. The highest BCUT2D eigenvalue weighted by Crippen LogP contribution is 2.33. The Morgan fingerprint density at radius 2 is 1.59 bits per heavy atom. The second-order valence-electron chi connectivity index (χ2n) is 5.94. The molecule has 1 heterocycles. The van der Waals surface area contributed by atoms with E-state index in [1.807, 2.05) is 18.2 Å². The molecule has 0 saturated carbocycles. The van der Waals surface area contributed by atoms with Crippen molar-refractivity contribution in [3.63, 3.8) is 0 Å². The average molecular weight is 370 g/mol. The van der Waals surface area contributed by atoms with E-state index in [0.717, 1.165) is 22.0 Å². The summed E-state index contributed by atoms with van der Waals surface area (Å²) in [4.78, 5) is 8.63. The van der Waals surface area contributed by atoms with Gasteiger partial charge < -0.3 is 4.74 Å². The maximum atomic E-state index is 5.31. The summed E-state index contributed by atoms with van der Waals surface area (Å²) in [5.74, 6) is 0.843. The second-order valence-corrected chi connectivity index (χ2v) is 6.77. The summed E-state index contributed by atoms with van der Waals surface area (Å²) in [7, 11) is 1.68. The topological polar surface area (TPSA) is 35.0 Å². The van der Waals surface area contributed by atoms with E-state index in [-0.39, 0.29) is 0 Å². The molecule has 0 atom stereocenters. The molecule has 0 bridgehead atoms. The number of methoxy groups -OCH3 is 1. The Bertz CT molecular complexity index is 1070. The van der Waals surface area contributed by atoms with Gasteiger partial charge in [-0.2, -0.15) is 0 Å². The summed E-state index contributed by atoms with van der Waals surface area (Å²) >= 11 is 1.52. The molecule has 0 N–H and O–H groups in total. The van der Waals surface area contributed by atoms with Gasteiger partial charge in [0.1, 0.15) is 5.75 Å². The highest BCUT2D eigenvalue weighted by atomic mass is 32.2. The minimum Gasteiger partial charge on any atom is -0.497 e. The number of ether oxygens (including phenoxy) is 1. The number of rotatable bonds is 5. The third kappa shape index (κ3) is 3.86. The van der Waals surface area contributed by atoms with Crippen molar-refractivity contribution >= 4 is 28.1 Å². The van der Waals surface area contributed by atoms with Gasteiger partial charge in [0.05, 0.1) is 7.11 Å². The number of hydrogen-bond donors (Lipinski definition) is 0. The largest absolute Gasteiger partial charge is 0.497 e. The molecule has 0 radical (unpaired) electrons. The minimum absolute atomic E-state index is 0.726. The smallest absolute Gasteiger partial charge is 0.191 e. The Hall–Kier alpha value is -3.11. The number of fused-ring (bicyclic) bond motifs is 1. The fourth-order valence-corrected chi connectivity index (χ4v) is 3.71. The molecule has 0 saturated heterocycles. The molecule has 0 unspecified atom stereocenters. The van der Waals surface area contributed by atoms with Crippen LogP contribution in [0.5, 0.6) is 5.75 Å². The highest BCUT2D eigenvalue weighted by Gasteiger charge is 2.10. The van der Waals surface area contributed by atoms with Crippen LogP contribution in [0.15, 0.2) is 95.8 Å². The van der Waals surface area contributed by atoms with Crippen LogP contribution in [0.3, 0.4) is 0 Å². The predicted molar refractivity (Wildman–Crippen MR) is 112 cm³/mol. The molecule has 4 rings (SSSR count). The first kappa shape index (κ1) is 17.3. The van der Waals surface area contributed by atoms with Crippen LogP contribution < -0.4 is 4.74 Å². The van der Waals surface area contributed by atoms with Crippen molar-refractivity contribution in [3.05, 3.63) is 102 Å². The lowest BCUT2D eigenvalue weighted by Gasteiger charge is -2.12. The second kappa shape index (κ2) is 8.06. The minimum atomic E-state index is 0.726. The van der Waals surface area contributed by atoms with Gasteiger partial charge in [0.2, 0.25) is 0 Å². The van der Waals surface area contributed by atoms with Crippen molar-refractivity contribution in [2.45, 2.75) is 5.16 Å². The highest BCUT2D eigenvalue weighted by molar-refractivity contribution is 8.02. The van der Waals surface area contributed by atoms with Crippen LogP contribution in [0.25, 0.3) is 16.3 Å². The first-order valence-corrected chi connectivity index (χ1v) is 9.49. The van der Waals surface area contributed by atoms with Crippen LogP contribution >= 0.6 is 11.8 Å². The van der Waals surface area contributed by atoms with E-state index in [1.54, 1.807) is 19.5 Å². The summed E-state index contributed by atoms with van der Waals surface area (Å²) in [6.45, 7) is 0. The number of thioether (sulfide) groups is 1. The molecule has 4 aromatic rings. The quantitative estimate of drug-likeness (QED) is 0.327. The molecular weight excluding hydrogens is 352 g/mol. The summed E-state index contributed by atoms with van der Waals surface area (Å²) < 4.78 is 5.31. The zero-order valence-electron chi connectivity index (χ0n) is 14.9. The van der Waals surface area contributed by atoms with Gasteiger partial charge in [0, 0.05) is 12.4 Å². The van der Waals surface area contributed by atoms with Crippen LogP contribution in [0.1, 0.15) is 11.1 Å². The standard InChI is InChI=1S/C23H18N2OS/c1-26-19-12-10-18(11-13-19)22(16-27-23-24-14-5-15-25-23)21-9-4-7-17-6-2-3-8-20(17)21/h2-16H,1H3/b22-16-. The first-order valence-electron chi connectivity index (χ1n) is 8.61. The third-order valence-electron chi connectivity index (χ3n) is 4.31. The Morgan fingerprint density at radius 3 is 2.37 bits per heavy atom. The molecule has 4 heteroatoms. The first-order chi connectivity index (χ1) is 13.3. The molecule has 0 aliphatic carbocycles. The molecule has 0 aliphatic heterocycles. The fraction of sp³-hybridized carbons (Fsp3) is 0.0435. The predicted octanol–water partition coefficient (Wildman–Crippen LogP) is 5.82. The molecule has 3 aromatic carbocycles. The van der Waals surface area contributed by atoms with Crippen molar-refractivity contribution in [1.82, 2.24) is 9.97 Å². The molecule has 0 aliphatic rings. The van der Waals surface area contributed by atoms with E-state index in [9.17, 15) is 0 Å². The van der Waals surface area contributed by atoms with Gasteiger partial charge in [-0.15, -0.1) is 0 Å². The maximum absolute atomic E-state index is 5.31. The number of hydrogen-bond acceptors (Lipinski definition) is 4. The Kier molecular flexibility index (Phi) is 5.17. The Morgan fingerprint density at radius 1 is 0.852 bits per heavy atom. The van der Waals surface area contributed by atoms with E-state index in [4.69, 9.17) is 4.74 Å². The molecular formula is C23H18N2OS. The van der Waals surface area contributed by atoms with Crippen LogP contribution in [0.4, 0.5) is 0 Å². The van der Waals surface area contributed by atoms with Gasteiger partial charge in [-0.05, 0) is 51.1 Å². The van der Waals surface area contributed by atoms with E-state index >= 15 is 0 Å². The van der Waals surface area contributed by atoms with Gasteiger partial charge in [-0.1, -0.05) is 66.4 Å². The molecule has 1 aromatic heterocycles. The molecule has 0 fully saturated rings.